The lowest BCUT2D eigenvalue weighted by atomic mass is 9.83. The minimum atomic E-state index is 0.273. The Labute approximate surface area is 131 Å². The number of aromatic nitrogens is 1. The molecule has 4 rings (SSSR count). The number of allylic oxidation sites excluding steroid dienone is 1. The Hall–Kier alpha value is -2.41. The molecular formula is C21H18N. The van der Waals surface area contributed by atoms with Crippen molar-refractivity contribution in [3.63, 3.8) is 0 Å². The highest BCUT2D eigenvalue weighted by molar-refractivity contribution is 5.83. The van der Waals surface area contributed by atoms with Crippen molar-refractivity contribution in [1.29, 1.82) is 0 Å². The van der Waals surface area contributed by atoms with Crippen molar-refractivity contribution in [2.24, 2.45) is 5.92 Å². The smallest absolute Gasteiger partial charge is 0.0743 e. The van der Waals surface area contributed by atoms with Crippen molar-refractivity contribution in [1.82, 2.24) is 4.98 Å². The van der Waals surface area contributed by atoms with Crippen LogP contribution >= 0.6 is 0 Å². The second kappa shape index (κ2) is 5.10. The minimum absolute atomic E-state index is 0.273. The molecule has 22 heavy (non-hydrogen) atoms. The van der Waals surface area contributed by atoms with E-state index in [1.165, 1.54) is 27.6 Å². The van der Waals surface area contributed by atoms with Crippen LogP contribution in [-0.2, 0) is 0 Å². The summed E-state index contributed by atoms with van der Waals surface area (Å²) < 4.78 is 0. The highest BCUT2D eigenvalue weighted by atomic mass is 14.7. The van der Waals surface area contributed by atoms with Crippen molar-refractivity contribution in [3.8, 4) is 0 Å². The van der Waals surface area contributed by atoms with Gasteiger partial charge in [-0.15, -0.1) is 0 Å². The fourth-order valence-corrected chi connectivity index (χ4v) is 3.43. The van der Waals surface area contributed by atoms with Gasteiger partial charge in [0.05, 0.1) is 5.52 Å². The summed E-state index contributed by atoms with van der Waals surface area (Å²) in [5, 5.41) is 1.20. The molecule has 0 spiro atoms. The normalized spacial score (nSPS) is 16.9. The first-order valence-electron chi connectivity index (χ1n) is 7.82. The Kier molecular flexibility index (Phi) is 3.07. The number of rotatable bonds is 2. The number of benzene rings is 2. The molecule has 1 heterocycles. The first kappa shape index (κ1) is 13.3. The van der Waals surface area contributed by atoms with Crippen LogP contribution in [0, 0.1) is 12.0 Å². The number of para-hydroxylation sites is 1. The molecule has 0 bridgehead atoms. The third-order valence-corrected chi connectivity index (χ3v) is 4.46. The topological polar surface area (TPSA) is 12.9 Å². The lowest BCUT2D eigenvalue weighted by Gasteiger charge is -2.21. The average molecular weight is 284 g/mol. The van der Waals surface area contributed by atoms with Crippen molar-refractivity contribution >= 4 is 10.9 Å². The first-order valence-corrected chi connectivity index (χ1v) is 7.82. The molecule has 2 aromatic carbocycles. The maximum atomic E-state index is 4.65. The zero-order chi connectivity index (χ0) is 15.1. The predicted molar refractivity (Wildman–Crippen MR) is 90.7 cm³/mol. The Balaban J connectivity index is 1.98. The van der Waals surface area contributed by atoms with Gasteiger partial charge in [-0.25, -0.2) is 0 Å². The quantitative estimate of drug-likeness (QED) is 0.637. The molecule has 0 amide bonds. The van der Waals surface area contributed by atoms with Gasteiger partial charge in [0.15, 0.2) is 0 Å². The fourth-order valence-electron chi connectivity index (χ4n) is 3.43. The maximum Gasteiger partial charge on any atom is 0.0743 e. The molecule has 1 aromatic heterocycles. The van der Waals surface area contributed by atoms with E-state index < -0.39 is 0 Å². The molecule has 0 N–H and O–H groups in total. The number of pyridine rings is 1. The van der Waals surface area contributed by atoms with Gasteiger partial charge in [-0.05, 0) is 40.3 Å². The highest BCUT2D eigenvalue weighted by Gasteiger charge is 2.29. The van der Waals surface area contributed by atoms with Crippen molar-refractivity contribution in [2.45, 2.75) is 19.8 Å². The molecule has 1 heteroatoms. The van der Waals surface area contributed by atoms with Crippen LogP contribution in [0.5, 0.6) is 0 Å². The minimum Gasteiger partial charge on any atom is -0.256 e. The fraction of sp³-hybridized carbons (Fsp3) is 0.190. The van der Waals surface area contributed by atoms with Crippen LogP contribution in [-0.4, -0.2) is 4.98 Å². The number of hydrogen-bond acceptors (Lipinski definition) is 1. The van der Waals surface area contributed by atoms with E-state index >= 15 is 0 Å². The summed E-state index contributed by atoms with van der Waals surface area (Å²) in [6.45, 7) is 4.50. The summed E-state index contributed by atoms with van der Waals surface area (Å²) in [5.41, 5.74) is 6.33. The molecule has 1 atom stereocenters. The molecule has 1 unspecified atom stereocenters. The molecule has 0 saturated carbocycles. The number of fused-ring (bicyclic) bond motifs is 2. The monoisotopic (exact) mass is 284 g/mol. The summed E-state index contributed by atoms with van der Waals surface area (Å²) in [4.78, 5) is 4.65. The van der Waals surface area contributed by atoms with Crippen LogP contribution in [0.2, 0.25) is 0 Å². The summed E-state index contributed by atoms with van der Waals surface area (Å²) >= 11 is 0. The van der Waals surface area contributed by atoms with Gasteiger partial charge in [-0.2, -0.15) is 0 Å². The molecular weight excluding hydrogens is 266 g/mol. The van der Waals surface area contributed by atoms with E-state index in [1.54, 1.807) is 0 Å². The third kappa shape index (κ3) is 1.97. The van der Waals surface area contributed by atoms with E-state index in [0.29, 0.717) is 5.92 Å². The SMILES string of the molecule is CC(C)C1=[C]c2ccccc2C1c1cccc2cccnc12. The molecule has 1 nitrogen and oxygen atoms in total. The van der Waals surface area contributed by atoms with E-state index in [2.05, 4.69) is 73.4 Å². The largest absolute Gasteiger partial charge is 0.256 e. The molecule has 3 aromatic rings. The Morgan fingerprint density at radius 3 is 2.55 bits per heavy atom. The van der Waals surface area contributed by atoms with Crippen LogP contribution in [0.15, 0.2) is 66.4 Å². The Morgan fingerprint density at radius 2 is 1.68 bits per heavy atom. The van der Waals surface area contributed by atoms with Gasteiger partial charge < -0.3 is 0 Å². The zero-order valence-corrected chi connectivity index (χ0v) is 12.9. The lowest BCUT2D eigenvalue weighted by Crippen LogP contribution is -2.07. The van der Waals surface area contributed by atoms with Gasteiger partial charge >= 0.3 is 0 Å². The Bertz CT molecular complexity index is 868. The van der Waals surface area contributed by atoms with Crippen molar-refractivity contribution in [2.75, 3.05) is 0 Å². The van der Waals surface area contributed by atoms with Gasteiger partial charge in [-0.1, -0.05) is 62.4 Å². The van der Waals surface area contributed by atoms with Gasteiger partial charge in [0.25, 0.3) is 0 Å². The summed E-state index contributed by atoms with van der Waals surface area (Å²) in [5.74, 6) is 0.742. The molecule has 1 aliphatic carbocycles. The van der Waals surface area contributed by atoms with Crippen molar-refractivity contribution < 1.29 is 0 Å². The molecule has 107 valence electrons. The van der Waals surface area contributed by atoms with E-state index in [0.717, 1.165) is 5.52 Å². The maximum absolute atomic E-state index is 4.65. The molecule has 0 fully saturated rings. The zero-order valence-electron chi connectivity index (χ0n) is 12.9. The van der Waals surface area contributed by atoms with Crippen LogP contribution < -0.4 is 0 Å². The highest BCUT2D eigenvalue weighted by Crippen LogP contribution is 2.44. The van der Waals surface area contributed by atoms with Crippen LogP contribution in [0.4, 0.5) is 0 Å². The number of nitrogens with zero attached hydrogens (tertiary/aromatic N) is 1. The number of hydrogen-bond donors (Lipinski definition) is 0. The predicted octanol–water partition coefficient (Wildman–Crippen LogP) is 5.11. The lowest BCUT2D eigenvalue weighted by molar-refractivity contribution is 0.710. The van der Waals surface area contributed by atoms with E-state index in [1.807, 2.05) is 12.3 Å². The van der Waals surface area contributed by atoms with Crippen LogP contribution in [0.1, 0.15) is 36.5 Å². The van der Waals surface area contributed by atoms with E-state index in [-0.39, 0.29) is 5.92 Å². The van der Waals surface area contributed by atoms with Gasteiger partial charge in [0.1, 0.15) is 0 Å². The molecule has 1 radical (unpaired) electrons. The summed E-state index contributed by atoms with van der Waals surface area (Å²) in [6, 6.07) is 19.2. The third-order valence-electron chi connectivity index (χ3n) is 4.46. The Morgan fingerprint density at radius 1 is 0.909 bits per heavy atom. The second-order valence-electron chi connectivity index (χ2n) is 6.18. The van der Waals surface area contributed by atoms with Gasteiger partial charge in [0.2, 0.25) is 0 Å². The summed E-state index contributed by atoms with van der Waals surface area (Å²) in [7, 11) is 0. The van der Waals surface area contributed by atoms with Crippen molar-refractivity contribution in [3.05, 3.63) is 89.1 Å². The van der Waals surface area contributed by atoms with Crippen LogP contribution in [0.3, 0.4) is 0 Å². The van der Waals surface area contributed by atoms with Gasteiger partial charge in [0, 0.05) is 17.5 Å². The molecule has 0 saturated heterocycles. The standard InChI is InChI=1S/C21H18N/c1-14(2)19-13-16-7-3-4-10-17(16)20(19)18-11-5-8-15-9-6-12-22-21(15)18/h3-12,14,20H,1-2H3. The van der Waals surface area contributed by atoms with Gasteiger partial charge in [-0.3, -0.25) is 4.98 Å². The molecule has 1 aliphatic rings. The first-order chi connectivity index (χ1) is 10.8. The average Bonchev–Trinajstić information content (AvgIpc) is 2.94. The van der Waals surface area contributed by atoms with E-state index in [9.17, 15) is 0 Å². The second-order valence-corrected chi connectivity index (χ2v) is 6.18. The molecule has 0 aliphatic heterocycles. The summed E-state index contributed by atoms with van der Waals surface area (Å²) in [6.07, 6.45) is 5.52. The van der Waals surface area contributed by atoms with Crippen LogP contribution in [0.25, 0.3) is 10.9 Å². The van der Waals surface area contributed by atoms with E-state index in [4.69, 9.17) is 0 Å².